The Bertz CT molecular complexity index is 1790. The molecule has 16 nitrogen and oxygen atoms in total. The van der Waals surface area contributed by atoms with E-state index in [1.165, 1.54) is 51.7 Å². The summed E-state index contributed by atoms with van der Waals surface area (Å²) in [5, 5.41) is 28.2. The van der Waals surface area contributed by atoms with Gasteiger partial charge in [0, 0.05) is 23.8 Å². The molecule has 3 amide bonds. The molecule has 0 bridgehead atoms. The van der Waals surface area contributed by atoms with Crippen LogP contribution in [0.25, 0.3) is 10.2 Å². The highest BCUT2D eigenvalue weighted by Gasteiger charge is 2.53. The summed E-state index contributed by atoms with van der Waals surface area (Å²) in [5.41, 5.74) is 12.0. The van der Waals surface area contributed by atoms with Crippen LogP contribution in [-0.4, -0.2) is 84.5 Å². The number of nitrogens with one attached hydrogen (secondary N) is 1. The Kier molecular flexibility index (Phi) is 8.77. The number of nitrogens with two attached hydrogens (primary N) is 2. The molecule has 0 spiro atoms. The molecule has 1 unspecified atom stereocenters. The van der Waals surface area contributed by atoms with Crippen LogP contribution in [0.15, 0.2) is 38.4 Å². The van der Waals surface area contributed by atoms with E-state index in [0.717, 1.165) is 20.9 Å². The number of amides is 3. The van der Waals surface area contributed by atoms with E-state index in [1.54, 1.807) is 19.2 Å². The van der Waals surface area contributed by atoms with Gasteiger partial charge in [-0.1, -0.05) is 16.9 Å². The molecule has 20 heteroatoms. The van der Waals surface area contributed by atoms with Gasteiger partial charge < -0.3 is 30.9 Å². The standard InChI is InChI=1S/C24H22N8O8S4/c1-8-13-12(3-4-31(8)23(26)39)44-24(29-13)43-6-10-5-41-19-15(18(34)32(19)16(10)21(37)38)28-17(33)14(11-7-42-22(25)27-11)30-40-9(2)20(35)36/h3-4,7,9,15,19H,5-6H2,1-2H3,(H6-,25,26,27,28,33,35,36,37,38,39)/b30-14-/t9-,15?,19-/m0/s1. The largest absolute Gasteiger partial charge is 0.543 e. The number of primary amides is 1. The lowest BCUT2D eigenvalue weighted by Gasteiger charge is -2.50. The molecule has 44 heavy (non-hydrogen) atoms. The topological polar surface area (TPSA) is 247 Å². The number of carbonyl (C=O) groups is 5. The molecule has 0 saturated carbocycles. The quantitative estimate of drug-likeness (QED) is 0.0678. The van der Waals surface area contributed by atoms with Crippen LogP contribution >= 0.6 is 46.2 Å². The lowest BCUT2D eigenvalue weighted by Crippen LogP contribution is -2.71. The fraction of sp³-hybridized carbons (Fsp3) is 0.292. The number of thioether (sulfide) groups is 2. The van der Waals surface area contributed by atoms with Gasteiger partial charge in [-0.25, -0.2) is 14.8 Å². The van der Waals surface area contributed by atoms with Crippen molar-refractivity contribution in [1.29, 1.82) is 0 Å². The first-order valence-corrected chi connectivity index (χ1v) is 16.2. The molecule has 3 aromatic heterocycles. The summed E-state index contributed by atoms with van der Waals surface area (Å²) in [4.78, 5) is 75.8. The van der Waals surface area contributed by atoms with Gasteiger partial charge in [0.25, 0.3) is 11.8 Å². The summed E-state index contributed by atoms with van der Waals surface area (Å²) in [6, 6.07) is -0.0403. The number of aryl methyl sites for hydroxylation is 1. The third kappa shape index (κ3) is 5.92. The number of nitrogen functional groups attached to an aromatic ring is 1. The number of β-lactam (4-membered cyclic amide) rings is 1. The van der Waals surface area contributed by atoms with E-state index >= 15 is 0 Å². The molecule has 2 aliphatic rings. The Labute approximate surface area is 264 Å². The zero-order valence-corrected chi connectivity index (χ0v) is 26.0. The van der Waals surface area contributed by atoms with Crippen molar-refractivity contribution in [3.05, 3.63) is 40.3 Å². The van der Waals surface area contributed by atoms with E-state index in [1.807, 2.05) is 0 Å². The number of hydrogen-bond acceptors (Lipinski definition) is 15. The molecule has 0 radical (unpaired) electrons. The monoisotopic (exact) mass is 678 g/mol. The maximum absolute atomic E-state index is 13.2. The van der Waals surface area contributed by atoms with Crippen molar-refractivity contribution in [2.24, 2.45) is 10.9 Å². The Morgan fingerprint density at radius 3 is 2.75 bits per heavy atom. The van der Waals surface area contributed by atoms with Crippen molar-refractivity contribution in [3.63, 3.8) is 0 Å². The third-order valence-electron chi connectivity index (χ3n) is 6.48. The SMILES string of the molecule is Cc1c2nc(SCC3=C(C(=O)[O-])N4C(=O)C(NC(=O)/C(=N\O[C@@H](C)C(=O)O)c5csc(N)n5)[C@@H]4SC3)sc2cc[n+]1C(N)=O. The average Bonchev–Trinajstić information content (AvgIpc) is 3.60. The van der Waals surface area contributed by atoms with Crippen molar-refractivity contribution in [2.45, 2.75) is 35.7 Å². The summed E-state index contributed by atoms with van der Waals surface area (Å²) >= 11 is 4.90. The van der Waals surface area contributed by atoms with E-state index < -0.39 is 53.0 Å². The van der Waals surface area contributed by atoms with Gasteiger partial charge in [-0.2, -0.15) is 9.36 Å². The number of carbonyl (C=O) groups excluding carboxylic acids is 4. The molecule has 0 aromatic carbocycles. The molecular weight excluding hydrogens is 657 g/mol. The Hall–Kier alpha value is -4.27. The van der Waals surface area contributed by atoms with Crippen LogP contribution in [0.5, 0.6) is 0 Å². The zero-order valence-electron chi connectivity index (χ0n) is 22.7. The molecule has 3 atom stereocenters. The van der Waals surface area contributed by atoms with Gasteiger partial charge in [-0.15, -0.1) is 34.4 Å². The molecule has 230 valence electrons. The molecule has 3 aromatic rings. The maximum atomic E-state index is 13.2. The van der Waals surface area contributed by atoms with Crippen molar-refractivity contribution in [1.82, 2.24) is 20.2 Å². The number of carboxylic acid groups (broad SMARTS) is 2. The summed E-state index contributed by atoms with van der Waals surface area (Å²) in [6.45, 7) is 2.93. The average molecular weight is 679 g/mol. The second-order valence-electron chi connectivity index (χ2n) is 9.29. The third-order valence-corrected chi connectivity index (χ3v) is 10.7. The number of hydrogen-bond donors (Lipinski definition) is 4. The van der Waals surface area contributed by atoms with Crippen molar-refractivity contribution in [2.75, 3.05) is 17.2 Å². The van der Waals surface area contributed by atoms with Crippen LogP contribution in [0.3, 0.4) is 0 Å². The van der Waals surface area contributed by atoms with E-state index in [2.05, 4.69) is 20.4 Å². The van der Waals surface area contributed by atoms with Crippen molar-refractivity contribution in [3.8, 4) is 0 Å². The van der Waals surface area contributed by atoms with Crippen LogP contribution in [0.4, 0.5) is 9.93 Å². The number of fused-ring (bicyclic) bond motifs is 2. The zero-order chi connectivity index (χ0) is 31.9. The van der Waals surface area contributed by atoms with Gasteiger partial charge in [0.15, 0.2) is 15.2 Å². The van der Waals surface area contributed by atoms with Gasteiger partial charge in [0.2, 0.25) is 6.10 Å². The first-order chi connectivity index (χ1) is 20.9. The molecule has 2 aliphatic heterocycles. The second-order valence-corrected chi connectivity index (χ2v) is 13.5. The summed E-state index contributed by atoms with van der Waals surface area (Å²) < 4.78 is 2.72. The van der Waals surface area contributed by atoms with Crippen LogP contribution in [0, 0.1) is 6.92 Å². The highest BCUT2D eigenvalue weighted by atomic mass is 32.2. The summed E-state index contributed by atoms with van der Waals surface area (Å²) in [5.74, 6) is -4.01. The molecule has 1 fully saturated rings. The molecular formula is C24H22N8O8S4. The number of rotatable bonds is 10. The fourth-order valence-electron chi connectivity index (χ4n) is 4.27. The minimum Gasteiger partial charge on any atom is -0.543 e. The first-order valence-electron chi connectivity index (χ1n) is 12.5. The Balaban J connectivity index is 1.32. The van der Waals surface area contributed by atoms with Gasteiger partial charge in [-0.05, 0) is 18.6 Å². The lowest BCUT2D eigenvalue weighted by molar-refractivity contribution is -0.575. The summed E-state index contributed by atoms with van der Waals surface area (Å²) in [6.07, 6.45) is 0.172. The van der Waals surface area contributed by atoms with Crippen molar-refractivity contribution >= 4 is 97.0 Å². The smallest absolute Gasteiger partial charge is 0.493 e. The van der Waals surface area contributed by atoms with Gasteiger partial charge >= 0.3 is 12.0 Å². The second kappa shape index (κ2) is 12.4. The number of carboxylic acids is 2. The highest BCUT2D eigenvalue weighted by Crippen LogP contribution is 2.42. The van der Waals surface area contributed by atoms with Gasteiger partial charge in [0.05, 0.1) is 16.4 Å². The highest BCUT2D eigenvalue weighted by molar-refractivity contribution is 8.02. The number of aromatic nitrogens is 3. The van der Waals surface area contributed by atoms with Crippen molar-refractivity contribution < 1.29 is 43.6 Å². The van der Waals surface area contributed by atoms with Crippen LogP contribution in [0.2, 0.25) is 0 Å². The number of nitrogens with zero attached hydrogens (tertiary/aromatic N) is 5. The van der Waals surface area contributed by atoms with E-state index in [-0.39, 0.29) is 28.0 Å². The summed E-state index contributed by atoms with van der Waals surface area (Å²) in [7, 11) is 0. The Morgan fingerprint density at radius 2 is 2.11 bits per heavy atom. The molecule has 0 aliphatic carbocycles. The number of aliphatic carboxylic acids is 2. The van der Waals surface area contributed by atoms with E-state index in [4.69, 9.17) is 21.4 Å². The van der Waals surface area contributed by atoms with E-state index in [0.29, 0.717) is 21.1 Å². The predicted molar refractivity (Wildman–Crippen MR) is 159 cm³/mol. The maximum Gasteiger partial charge on any atom is 0.493 e. The lowest BCUT2D eigenvalue weighted by atomic mass is 10.0. The normalized spacial score (nSPS) is 18.9. The molecule has 5 heterocycles. The first kappa shape index (κ1) is 31.2. The number of pyridine rings is 1. The number of oxime groups is 1. The van der Waals surface area contributed by atoms with E-state index in [9.17, 15) is 29.1 Å². The predicted octanol–water partition coefficient (Wildman–Crippen LogP) is -0.752. The number of thiazole rings is 2. The van der Waals surface area contributed by atoms with Gasteiger partial charge in [-0.3, -0.25) is 20.2 Å². The van der Waals surface area contributed by atoms with Crippen LogP contribution in [-0.2, 0) is 24.0 Å². The minimum absolute atomic E-state index is 0.00614. The van der Waals surface area contributed by atoms with Crippen LogP contribution in [0.1, 0.15) is 18.3 Å². The molecule has 5 rings (SSSR count). The molecule has 6 N–H and O–H groups in total. The van der Waals surface area contributed by atoms with Gasteiger partial charge in [0.1, 0.15) is 34.5 Å². The minimum atomic E-state index is -1.54. The Morgan fingerprint density at radius 1 is 1.36 bits per heavy atom. The fourth-order valence-corrected chi connectivity index (χ4v) is 8.41. The van der Waals surface area contributed by atoms with Crippen LogP contribution < -0.4 is 26.5 Å². The molecule has 1 saturated heterocycles. The number of anilines is 1.